The molecule has 0 spiro atoms. The van der Waals surface area contributed by atoms with Crippen LogP contribution in [-0.4, -0.2) is 48.1 Å². The number of carbonyl (C=O) groups is 1. The zero-order chi connectivity index (χ0) is 23.2. The topological polar surface area (TPSA) is 112 Å². The largest absolute Gasteiger partial charge is 0.496 e. The van der Waals surface area contributed by atoms with Crippen LogP contribution in [0.25, 0.3) is 11.3 Å². The van der Waals surface area contributed by atoms with Crippen molar-refractivity contribution in [2.75, 3.05) is 32.4 Å². The highest BCUT2D eigenvalue weighted by Crippen LogP contribution is 2.38. The maximum Gasteiger partial charge on any atom is 0.307 e. The number of aliphatic carboxylic acids is 1. The normalized spacial score (nSPS) is 11.8. The van der Waals surface area contributed by atoms with Crippen molar-refractivity contribution in [3.05, 3.63) is 53.9 Å². The van der Waals surface area contributed by atoms with Crippen molar-refractivity contribution in [3.8, 4) is 34.3 Å². The molecule has 9 heteroatoms. The van der Waals surface area contributed by atoms with Crippen molar-refractivity contribution in [2.24, 2.45) is 0 Å². The minimum absolute atomic E-state index is 0.102. The molecule has 1 aliphatic rings. The Kier molecular flexibility index (Phi) is 6.77. The van der Waals surface area contributed by atoms with E-state index in [0.29, 0.717) is 53.9 Å². The van der Waals surface area contributed by atoms with Gasteiger partial charge in [0.25, 0.3) is 0 Å². The zero-order valence-electron chi connectivity index (χ0n) is 18.5. The predicted octanol–water partition coefficient (Wildman–Crippen LogP) is 3.56. The summed E-state index contributed by atoms with van der Waals surface area (Å²) < 4.78 is 22.0. The van der Waals surface area contributed by atoms with Gasteiger partial charge in [-0.25, -0.2) is 9.97 Å². The summed E-state index contributed by atoms with van der Waals surface area (Å²) in [5.41, 5.74) is 3.14. The first kappa shape index (κ1) is 22.2. The van der Waals surface area contributed by atoms with E-state index in [1.165, 1.54) is 6.33 Å². The fourth-order valence-electron chi connectivity index (χ4n) is 3.60. The smallest absolute Gasteiger partial charge is 0.307 e. The number of hydrogen-bond donors (Lipinski definition) is 2. The van der Waals surface area contributed by atoms with Gasteiger partial charge in [0.2, 0.25) is 6.79 Å². The number of anilines is 1. The summed E-state index contributed by atoms with van der Waals surface area (Å²) in [5.74, 6) is 2.45. The number of nitrogens with zero attached hydrogens (tertiary/aromatic N) is 2. The maximum absolute atomic E-state index is 11.1. The van der Waals surface area contributed by atoms with E-state index in [1.807, 2.05) is 37.3 Å². The molecule has 0 fully saturated rings. The van der Waals surface area contributed by atoms with E-state index in [9.17, 15) is 4.79 Å². The van der Waals surface area contributed by atoms with Crippen LogP contribution >= 0.6 is 0 Å². The molecule has 0 aliphatic carbocycles. The number of nitrogens with one attached hydrogen (secondary N) is 1. The second-order valence-corrected chi connectivity index (χ2v) is 7.31. The average molecular weight is 451 g/mol. The SMILES string of the molecule is CCOc1cc(-c2cc(NCCc3cc4c(cc3OC)OCO4)ncn2)ccc1CC(=O)O. The Labute approximate surface area is 191 Å². The van der Waals surface area contributed by atoms with Gasteiger partial charge < -0.3 is 29.4 Å². The van der Waals surface area contributed by atoms with E-state index in [-0.39, 0.29) is 13.2 Å². The lowest BCUT2D eigenvalue weighted by molar-refractivity contribution is -0.136. The van der Waals surface area contributed by atoms with Crippen molar-refractivity contribution < 1.29 is 28.8 Å². The Hall–Kier alpha value is -4.01. The quantitative estimate of drug-likeness (QED) is 0.478. The molecule has 2 heterocycles. The molecular weight excluding hydrogens is 426 g/mol. The predicted molar refractivity (Wildman–Crippen MR) is 121 cm³/mol. The molecule has 0 radical (unpaired) electrons. The third kappa shape index (κ3) is 5.25. The molecule has 33 heavy (non-hydrogen) atoms. The van der Waals surface area contributed by atoms with E-state index in [1.54, 1.807) is 13.2 Å². The van der Waals surface area contributed by atoms with E-state index >= 15 is 0 Å². The molecule has 1 aliphatic heterocycles. The highest BCUT2D eigenvalue weighted by atomic mass is 16.7. The first-order chi connectivity index (χ1) is 16.1. The lowest BCUT2D eigenvalue weighted by atomic mass is 10.1. The molecule has 0 unspecified atom stereocenters. The molecule has 4 rings (SSSR count). The summed E-state index contributed by atoms with van der Waals surface area (Å²) in [7, 11) is 1.63. The molecule has 0 bridgehead atoms. The van der Waals surface area contributed by atoms with Crippen LogP contribution in [0.4, 0.5) is 5.82 Å². The Morgan fingerprint density at radius 2 is 1.91 bits per heavy atom. The highest BCUT2D eigenvalue weighted by Gasteiger charge is 2.17. The van der Waals surface area contributed by atoms with E-state index < -0.39 is 5.97 Å². The molecule has 3 aromatic rings. The van der Waals surface area contributed by atoms with Gasteiger partial charge in [-0.1, -0.05) is 12.1 Å². The molecule has 172 valence electrons. The van der Waals surface area contributed by atoms with Gasteiger partial charge in [0.05, 0.1) is 25.8 Å². The molecule has 0 saturated carbocycles. The number of hydrogen-bond acceptors (Lipinski definition) is 8. The summed E-state index contributed by atoms with van der Waals surface area (Å²) in [4.78, 5) is 19.8. The van der Waals surface area contributed by atoms with Crippen LogP contribution in [0.5, 0.6) is 23.0 Å². The molecule has 2 N–H and O–H groups in total. The molecule has 9 nitrogen and oxygen atoms in total. The molecule has 1 aromatic heterocycles. The Morgan fingerprint density at radius 3 is 2.67 bits per heavy atom. The van der Waals surface area contributed by atoms with Crippen LogP contribution in [0.3, 0.4) is 0 Å². The third-order valence-corrected chi connectivity index (χ3v) is 5.15. The summed E-state index contributed by atoms with van der Waals surface area (Å²) in [6.45, 7) is 3.13. The number of aromatic nitrogens is 2. The Morgan fingerprint density at radius 1 is 1.09 bits per heavy atom. The van der Waals surface area contributed by atoms with E-state index in [4.69, 9.17) is 24.1 Å². The van der Waals surface area contributed by atoms with Crippen LogP contribution < -0.4 is 24.3 Å². The lowest BCUT2D eigenvalue weighted by Crippen LogP contribution is -2.08. The Bertz CT molecular complexity index is 1150. The van der Waals surface area contributed by atoms with Gasteiger partial charge in [0, 0.05) is 29.8 Å². The molecular formula is C24H25N3O6. The second kappa shape index (κ2) is 10.1. The zero-order valence-corrected chi connectivity index (χ0v) is 18.5. The molecule has 0 atom stereocenters. The van der Waals surface area contributed by atoms with Gasteiger partial charge in [-0.3, -0.25) is 4.79 Å². The average Bonchev–Trinajstić information content (AvgIpc) is 3.27. The first-order valence-electron chi connectivity index (χ1n) is 10.6. The maximum atomic E-state index is 11.1. The molecule has 0 amide bonds. The summed E-state index contributed by atoms with van der Waals surface area (Å²) in [6, 6.07) is 11.0. The standard InChI is InChI=1S/C24H25N3O6/c1-3-31-20-8-15(4-5-16(20)10-24(28)29)18-11-23(27-13-26-18)25-7-6-17-9-21-22(33-14-32-21)12-19(17)30-2/h4-5,8-9,11-13H,3,6-7,10,14H2,1-2H3,(H,28,29)(H,25,26,27). The fraction of sp³-hybridized carbons (Fsp3) is 0.292. The summed E-state index contributed by atoms with van der Waals surface area (Å²) in [5, 5.41) is 12.4. The van der Waals surface area contributed by atoms with E-state index in [2.05, 4.69) is 15.3 Å². The van der Waals surface area contributed by atoms with Crippen LogP contribution in [0.2, 0.25) is 0 Å². The van der Waals surface area contributed by atoms with E-state index in [0.717, 1.165) is 16.9 Å². The molecule has 2 aromatic carbocycles. The fourth-order valence-corrected chi connectivity index (χ4v) is 3.60. The van der Waals surface area contributed by atoms with Crippen LogP contribution in [0.1, 0.15) is 18.1 Å². The summed E-state index contributed by atoms with van der Waals surface area (Å²) in [6.07, 6.45) is 2.08. The Balaban J connectivity index is 1.46. The van der Waals surface area contributed by atoms with Crippen molar-refractivity contribution in [1.82, 2.24) is 9.97 Å². The number of carboxylic acid groups (broad SMARTS) is 1. The third-order valence-electron chi connectivity index (χ3n) is 5.15. The van der Waals surface area contributed by atoms with Gasteiger partial charge in [-0.05, 0) is 31.0 Å². The van der Waals surface area contributed by atoms with Crippen LogP contribution in [-0.2, 0) is 17.6 Å². The van der Waals surface area contributed by atoms with Gasteiger partial charge in [-0.15, -0.1) is 0 Å². The van der Waals surface area contributed by atoms with Crippen molar-refractivity contribution in [2.45, 2.75) is 19.8 Å². The number of ether oxygens (including phenoxy) is 4. The van der Waals surface area contributed by atoms with Crippen LogP contribution in [0, 0.1) is 0 Å². The second-order valence-electron chi connectivity index (χ2n) is 7.31. The lowest BCUT2D eigenvalue weighted by Gasteiger charge is -2.12. The number of carboxylic acids is 1. The number of rotatable bonds is 10. The summed E-state index contributed by atoms with van der Waals surface area (Å²) >= 11 is 0. The van der Waals surface area contributed by atoms with Gasteiger partial charge in [0.15, 0.2) is 11.5 Å². The van der Waals surface area contributed by atoms with Gasteiger partial charge in [0.1, 0.15) is 23.6 Å². The minimum atomic E-state index is -0.906. The van der Waals surface area contributed by atoms with Crippen molar-refractivity contribution in [1.29, 1.82) is 0 Å². The highest BCUT2D eigenvalue weighted by molar-refractivity contribution is 5.73. The van der Waals surface area contributed by atoms with Crippen LogP contribution in [0.15, 0.2) is 42.7 Å². The van der Waals surface area contributed by atoms with Crippen molar-refractivity contribution >= 4 is 11.8 Å². The number of benzene rings is 2. The minimum Gasteiger partial charge on any atom is -0.496 e. The van der Waals surface area contributed by atoms with Gasteiger partial charge in [-0.2, -0.15) is 0 Å². The first-order valence-corrected chi connectivity index (χ1v) is 10.6. The number of fused-ring (bicyclic) bond motifs is 1. The monoisotopic (exact) mass is 451 g/mol. The number of methoxy groups -OCH3 is 1. The molecule has 0 saturated heterocycles. The van der Waals surface area contributed by atoms with Crippen molar-refractivity contribution in [3.63, 3.8) is 0 Å². The van der Waals surface area contributed by atoms with Gasteiger partial charge >= 0.3 is 5.97 Å².